The molecule has 19 heavy (non-hydrogen) atoms. The van der Waals surface area contributed by atoms with Gasteiger partial charge in [-0.05, 0) is 25.0 Å². The molecule has 2 aliphatic rings. The normalized spacial score (nSPS) is 17.1. The van der Waals surface area contributed by atoms with Crippen LogP contribution in [0.2, 0.25) is 5.02 Å². The van der Waals surface area contributed by atoms with Crippen molar-refractivity contribution >= 4 is 34.7 Å². The van der Waals surface area contributed by atoms with E-state index in [2.05, 4.69) is 16.8 Å². The van der Waals surface area contributed by atoms with Gasteiger partial charge >= 0.3 is 0 Å². The molecule has 0 aromatic heterocycles. The quantitative estimate of drug-likeness (QED) is 0.679. The number of rotatable bonds is 4. The third-order valence-corrected chi connectivity index (χ3v) is 3.71. The van der Waals surface area contributed by atoms with Crippen LogP contribution < -0.4 is 10.2 Å². The minimum Gasteiger partial charge on any atom is -0.364 e. The molecule has 0 bridgehead atoms. The predicted molar refractivity (Wildman–Crippen MR) is 75.0 cm³/mol. The number of hydrogen-bond acceptors (Lipinski definition) is 3. The summed E-state index contributed by atoms with van der Waals surface area (Å²) in [4.78, 5) is 25.1. The highest BCUT2D eigenvalue weighted by molar-refractivity contribution is 6.52. The maximum Gasteiger partial charge on any atom is 0.296 e. The highest BCUT2D eigenvalue weighted by Gasteiger charge is 2.33. The molecule has 3 rings (SSSR count). The molecule has 98 valence electrons. The maximum absolute atomic E-state index is 11.6. The number of halogens is 1. The third-order valence-electron chi connectivity index (χ3n) is 3.41. The van der Waals surface area contributed by atoms with E-state index in [1.54, 1.807) is 12.1 Å². The number of anilines is 2. The molecule has 5 heteroatoms. The number of carbonyl (C=O) groups excluding carboxylic acids is 2. The summed E-state index contributed by atoms with van der Waals surface area (Å²) in [6, 6.07) is 3.83. The highest BCUT2D eigenvalue weighted by Crippen LogP contribution is 2.39. The number of nitrogens with one attached hydrogen (secondary N) is 1. The zero-order chi connectivity index (χ0) is 13.6. The topological polar surface area (TPSA) is 49.4 Å². The van der Waals surface area contributed by atoms with Crippen LogP contribution in [0, 0.1) is 0 Å². The Kier molecular flexibility index (Phi) is 2.82. The lowest BCUT2D eigenvalue weighted by Crippen LogP contribution is -2.25. The van der Waals surface area contributed by atoms with Crippen LogP contribution in [0.3, 0.4) is 0 Å². The largest absolute Gasteiger partial charge is 0.364 e. The average Bonchev–Trinajstić information content (AvgIpc) is 3.17. The molecule has 1 aliphatic heterocycles. The van der Waals surface area contributed by atoms with Gasteiger partial charge in [-0.2, -0.15) is 0 Å². The molecule has 1 heterocycles. The van der Waals surface area contributed by atoms with Gasteiger partial charge in [0.1, 0.15) is 0 Å². The van der Waals surface area contributed by atoms with Crippen molar-refractivity contribution in [3.05, 3.63) is 35.4 Å². The van der Waals surface area contributed by atoms with Crippen LogP contribution in [0.1, 0.15) is 23.2 Å². The van der Waals surface area contributed by atoms with E-state index in [9.17, 15) is 9.59 Å². The van der Waals surface area contributed by atoms with Crippen molar-refractivity contribution in [2.24, 2.45) is 0 Å². The molecule has 1 aliphatic carbocycles. The SMILES string of the molecule is C=CCN(c1cc2c(cc1Cl)C(=O)C(=O)N2)C1CC1. The number of ketones is 1. The summed E-state index contributed by atoms with van der Waals surface area (Å²) in [7, 11) is 0. The lowest BCUT2D eigenvalue weighted by atomic mass is 10.1. The molecule has 1 aromatic carbocycles. The van der Waals surface area contributed by atoms with E-state index in [1.807, 2.05) is 6.08 Å². The molecule has 1 aromatic rings. The molecule has 1 N–H and O–H groups in total. The Morgan fingerprint density at radius 3 is 2.79 bits per heavy atom. The van der Waals surface area contributed by atoms with Crippen LogP contribution in [0.4, 0.5) is 11.4 Å². The zero-order valence-corrected chi connectivity index (χ0v) is 11.0. The summed E-state index contributed by atoms with van der Waals surface area (Å²) in [5.41, 5.74) is 1.75. The van der Waals surface area contributed by atoms with Gasteiger partial charge in [-0.3, -0.25) is 9.59 Å². The smallest absolute Gasteiger partial charge is 0.296 e. The van der Waals surface area contributed by atoms with Crippen LogP contribution in [0.15, 0.2) is 24.8 Å². The van der Waals surface area contributed by atoms with Gasteiger partial charge in [0.2, 0.25) is 0 Å². The van der Waals surface area contributed by atoms with E-state index in [1.165, 1.54) is 0 Å². The van der Waals surface area contributed by atoms with Crippen LogP contribution in [0.5, 0.6) is 0 Å². The number of benzene rings is 1. The molecule has 0 spiro atoms. The second kappa shape index (κ2) is 4.38. The number of amides is 1. The average molecular weight is 277 g/mol. The minimum absolute atomic E-state index is 0.355. The molecule has 4 nitrogen and oxygen atoms in total. The summed E-state index contributed by atoms with van der Waals surface area (Å²) in [6.07, 6.45) is 4.09. The van der Waals surface area contributed by atoms with E-state index in [0.29, 0.717) is 28.9 Å². The number of hydrogen-bond donors (Lipinski definition) is 1. The molecule has 0 atom stereocenters. The van der Waals surface area contributed by atoms with Gasteiger partial charge in [-0.1, -0.05) is 17.7 Å². The Bertz CT molecular complexity index is 593. The fraction of sp³-hybridized carbons (Fsp3) is 0.286. The molecule has 0 saturated heterocycles. The molecule has 1 fully saturated rings. The van der Waals surface area contributed by atoms with Crippen LogP contribution in [0.25, 0.3) is 0 Å². The van der Waals surface area contributed by atoms with Crippen molar-refractivity contribution in [2.75, 3.05) is 16.8 Å². The first kappa shape index (κ1) is 12.2. The summed E-state index contributed by atoms with van der Waals surface area (Å²) in [5.74, 6) is -1.12. The number of fused-ring (bicyclic) bond motifs is 1. The van der Waals surface area contributed by atoms with Crippen molar-refractivity contribution in [1.29, 1.82) is 0 Å². The Hall–Kier alpha value is -1.81. The molecule has 1 amide bonds. The van der Waals surface area contributed by atoms with Gasteiger partial charge in [-0.15, -0.1) is 6.58 Å². The zero-order valence-electron chi connectivity index (χ0n) is 10.3. The first-order valence-corrected chi connectivity index (χ1v) is 6.56. The number of carbonyl (C=O) groups is 2. The van der Waals surface area contributed by atoms with Crippen molar-refractivity contribution in [2.45, 2.75) is 18.9 Å². The lowest BCUT2D eigenvalue weighted by Gasteiger charge is -2.24. The van der Waals surface area contributed by atoms with E-state index < -0.39 is 11.7 Å². The number of Topliss-reactive ketones (excluding diaryl/α,β-unsaturated/α-hetero) is 1. The Labute approximate surface area is 116 Å². The van der Waals surface area contributed by atoms with Crippen LogP contribution in [-0.2, 0) is 4.79 Å². The fourth-order valence-electron chi connectivity index (χ4n) is 2.34. The highest BCUT2D eigenvalue weighted by atomic mass is 35.5. The lowest BCUT2D eigenvalue weighted by molar-refractivity contribution is -0.112. The summed E-state index contributed by atoms with van der Waals surface area (Å²) in [5, 5.41) is 3.07. The van der Waals surface area contributed by atoms with E-state index in [0.717, 1.165) is 18.5 Å². The van der Waals surface area contributed by atoms with Crippen molar-refractivity contribution < 1.29 is 9.59 Å². The van der Waals surface area contributed by atoms with Gasteiger partial charge in [0.15, 0.2) is 0 Å². The monoisotopic (exact) mass is 276 g/mol. The minimum atomic E-state index is -0.593. The fourth-order valence-corrected chi connectivity index (χ4v) is 2.62. The Morgan fingerprint density at radius 1 is 1.42 bits per heavy atom. The van der Waals surface area contributed by atoms with Crippen molar-refractivity contribution in [1.82, 2.24) is 0 Å². The summed E-state index contributed by atoms with van der Waals surface area (Å²) >= 11 is 6.26. The van der Waals surface area contributed by atoms with E-state index >= 15 is 0 Å². The summed E-state index contributed by atoms with van der Waals surface area (Å²) in [6.45, 7) is 4.45. The maximum atomic E-state index is 11.6. The molecule has 1 saturated carbocycles. The van der Waals surface area contributed by atoms with Crippen molar-refractivity contribution in [3.8, 4) is 0 Å². The second-order valence-electron chi connectivity index (χ2n) is 4.80. The molecular weight excluding hydrogens is 264 g/mol. The number of nitrogens with zero attached hydrogens (tertiary/aromatic N) is 1. The second-order valence-corrected chi connectivity index (χ2v) is 5.21. The Balaban J connectivity index is 2.03. The predicted octanol–water partition coefficient (Wildman–Crippen LogP) is 2.63. The Morgan fingerprint density at radius 2 is 2.16 bits per heavy atom. The van der Waals surface area contributed by atoms with E-state index in [-0.39, 0.29) is 0 Å². The molecule has 0 radical (unpaired) electrons. The standard InChI is InChI=1S/C14H13ClN2O2/c1-2-5-17(8-3-4-8)12-7-11-9(6-10(12)15)13(18)14(19)16-11/h2,6-8H,1,3-5H2,(H,16,18,19). The van der Waals surface area contributed by atoms with Gasteiger partial charge in [0, 0.05) is 12.6 Å². The van der Waals surface area contributed by atoms with Crippen LogP contribution in [-0.4, -0.2) is 24.3 Å². The van der Waals surface area contributed by atoms with Crippen LogP contribution >= 0.6 is 11.6 Å². The summed E-state index contributed by atoms with van der Waals surface area (Å²) < 4.78 is 0. The first-order chi connectivity index (χ1) is 9.11. The first-order valence-electron chi connectivity index (χ1n) is 6.18. The van der Waals surface area contributed by atoms with Crippen molar-refractivity contribution in [3.63, 3.8) is 0 Å². The van der Waals surface area contributed by atoms with Gasteiger partial charge in [-0.25, -0.2) is 0 Å². The van der Waals surface area contributed by atoms with Gasteiger partial charge < -0.3 is 10.2 Å². The third kappa shape index (κ3) is 2.02. The van der Waals surface area contributed by atoms with E-state index in [4.69, 9.17) is 11.6 Å². The molecular formula is C14H13ClN2O2. The molecule has 0 unspecified atom stereocenters. The van der Waals surface area contributed by atoms with Gasteiger partial charge in [0.05, 0.1) is 22.0 Å². The van der Waals surface area contributed by atoms with Gasteiger partial charge in [0.25, 0.3) is 11.7 Å².